The molecule has 7 nitrogen and oxygen atoms in total. The van der Waals surface area contributed by atoms with Gasteiger partial charge in [0.2, 0.25) is 0 Å². The minimum atomic E-state index is -4.55. The van der Waals surface area contributed by atoms with Crippen molar-refractivity contribution in [3.63, 3.8) is 0 Å². The van der Waals surface area contributed by atoms with E-state index in [0.29, 0.717) is 25.8 Å². The number of nitrogens with one attached hydrogen (secondary N) is 1. The molecule has 0 aromatic carbocycles. The van der Waals surface area contributed by atoms with Crippen molar-refractivity contribution in [2.45, 2.75) is 26.2 Å². The van der Waals surface area contributed by atoms with E-state index in [-0.39, 0.29) is 12.2 Å². The quantitative estimate of drug-likeness (QED) is 0.428. The lowest BCUT2D eigenvalue weighted by Gasteiger charge is -2.14. The van der Waals surface area contributed by atoms with Crippen molar-refractivity contribution in [3.05, 3.63) is 11.1 Å². The van der Waals surface area contributed by atoms with Crippen LogP contribution in [0.1, 0.15) is 26.2 Å². The van der Waals surface area contributed by atoms with Gasteiger partial charge in [0.15, 0.2) is 0 Å². The van der Waals surface area contributed by atoms with Crippen LogP contribution in [0.15, 0.2) is 11.1 Å². The number of hydrogen-bond donors (Lipinski definition) is 3. The highest BCUT2D eigenvalue weighted by Crippen LogP contribution is 2.16. The van der Waals surface area contributed by atoms with Crippen molar-refractivity contribution in [3.8, 4) is 0 Å². The number of amides is 1. The van der Waals surface area contributed by atoms with Gasteiger partial charge >= 0.3 is 10.3 Å². The topological polar surface area (TPSA) is 107 Å². The van der Waals surface area contributed by atoms with Gasteiger partial charge in [-0.2, -0.15) is 8.42 Å². The van der Waals surface area contributed by atoms with Crippen molar-refractivity contribution in [2.24, 2.45) is 0 Å². The highest BCUT2D eigenvalue weighted by atomic mass is 32.2. The Hall–Kier alpha value is -0.960. The molecule has 0 heterocycles. The van der Waals surface area contributed by atoms with Crippen LogP contribution in [0.5, 0.6) is 0 Å². The predicted molar refractivity (Wildman–Crippen MR) is 71.9 cm³/mol. The minimum Gasteiger partial charge on any atom is -0.396 e. The Morgan fingerprint density at radius 3 is 2.26 bits per heavy atom. The van der Waals surface area contributed by atoms with E-state index in [4.69, 9.17) is 9.66 Å². The first-order valence-corrected chi connectivity index (χ1v) is 7.35. The molecule has 112 valence electrons. The van der Waals surface area contributed by atoms with Gasteiger partial charge in [0.05, 0.1) is 0 Å². The van der Waals surface area contributed by atoms with Gasteiger partial charge in [-0.05, 0) is 40.3 Å². The monoisotopic (exact) mass is 294 g/mol. The van der Waals surface area contributed by atoms with Gasteiger partial charge in [-0.3, -0.25) is 9.35 Å². The van der Waals surface area contributed by atoms with Crippen LogP contribution in [0.4, 0.5) is 0 Å². The third kappa shape index (κ3) is 8.71. The molecule has 0 aliphatic rings. The molecule has 1 amide bonds. The van der Waals surface area contributed by atoms with Gasteiger partial charge in [-0.1, -0.05) is 5.57 Å². The third-order valence-electron chi connectivity index (χ3n) is 2.59. The highest BCUT2D eigenvalue weighted by Gasteiger charge is 2.15. The fraction of sp³-hybridized carbons (Fsp3) is 0.727. The summed E-state index contributed by atoms with van der Waals surface area (Å²) in [6.07, 6.45) is 1.60. The smallest absolute Gasteiger partial charge is 0.359 e. The van der Waals surface area contributed by atoms with Crippen molar-refractivity contribution in [1.82, 2.24) is 9.62 Å². The van der Waals surface area contributed by atoms with E-state index < -0.39 is 16.2 Å². The highest BCUT2D eigenvalue weighted by molar-refractivity contribution is 7.84. The Balaban J connectivity index is 4.93. The fourth-order valence-electron chi connectivity index (χ4n) is 1.51. The van der Waals surface area contributed by atoms with E-state index in [1.54, 1.807) is 0 Å². The maximum Gasteiger partial charge on any atom is 0.359 e. The molecular formula is C11H22N2O5S. The van der Waals surface area contributed by atoms with Crippen LogP contribution in [-0.2, 0) is 15.1 Å². The predicted octanol–water partition coefficient (Wildman–Crippen LogP) is -0.0539. The molecule has 0 saturated heterocycles. The Labute approximate surface area is 114 Å². The number of carbonyl (C=O) groups excluding carboxylic acids is 1. The molecule has 0 rings (SSSR count). The van der Waals surface area contributed by atoms with E-state index in [0.717, 1.165) is 5.57 Å². The molecular weight excluding hydrogens is 272 g/mol. The lowest BCUT2D eigenvalue weighted by atomic mass is 10.0. The molecule has 19 heavy (non-hydrogen) atoms. The van der Waals surface area contributed by atoms with Crippen LogP contribution in [0.25, 0.3) is 0 Å². The van der Waals surface area contributed by atoms with Crippen LogP contribution in [0, 0.1) is 0 Å². The Kier molecular flexibility index (Phi) is 7.84. The Morgan fingerprint density at radius 1 is 1.26 bits per heavy atom. The summed E-state index contributed by atoms with van der Waals surface area (Å²) in [7, 11) is -0.775. The molecule has 0 unspecified atom stereocenters. The summed E-state index contributed by atoms with van der Waals surface area (Å²) in [5.74, 6) is -0.839. The summed E-state index contributed by atoms with van der Waals surface area (Å²) >= 11 is 0. The molecule has 0 aromatic rings. The van der Waals surface area contributed by atoms with Gasteiger partial charge in [-0.25, -0.2) is 4.72 Å². The van der Waals surface area contributed by atoms with E-state index in [1.807, 2.05) is 19.0 Å². The summed E-state index contributed by atoms with van der Waals surface area (Å²) < 4.78 is 31.3. The van der Waals surface area contributed by atoms with Crippen molar-refractivity contribution < 1.29 is 22.9 Å². The molecule has 0 saturated carbocycles. The molecule has 0 radical (unpaired) electrons. The molecule has 0 atom stereocenters. The van der Waals surface area contributed by atoms with E-state index in [2.05, 4.69) is 0 Å². The van der Waals surface area contributed by atoms with Gasteiger partial charge in [-0.15, -0.1) is 0 Å². The zero-order chi connectivity index (χ0) is 15.1. The number of nitrogens with zero attached hydrogens (tertiary/aromatic N) is 1. The number of carbonyl (C=O) groups is 1. The second kappa shape index (κ2) is 8.26. The van der Waals surface area contributed by atoms with Crippen LogP contribution in [-0.4, -0.2) is 56.1 Å². The molecule has 0 aliphatic carbocycles. The van der Waals surface area contributed by atoms with Gasteiger partial charge in [0, 0.05) is 18.7 Å². The van der Waals surface area contributed by atoms with E-state index >= 15 is 0 Å². The van der Waals surface area contributed by atoms with E-state index in [9.17, 15) is 13.2 Å². The molecule has 0 aromatic heterocycles. The minimum absolute atomic E-state index is 0.00133. The Bertz CT molecular complexity index is 428. The molecule has 0 fully saturated rings. The summed E-state index contributed by atoms with van der Waals surface area (Å²) in [5, 5.41) is 8.83. The van der Waals surface area contributed by atoms with Crippen LogP contribution in [0.3, 0.4) is 0 Å². The van der Waals surface area contributed by atoms with Crippen LogP contribution < -0.4 is 4.72 Å². The maximum absolute atomic E-state index is 11.6. The first-order valence-electron chi connectivity index (χ1n) is 5.91. The molecule has 0 aliphatic heterocycles. The average Bonchev–Trinajstić information content (AvgIpc) is 2.25. The molecule has 3 N–H and O–H groups in total. The first kappa shape index (κ1) is 18.0. The lowest BCUT2D eigenvalue weighted by molar-refractivity contribution is -0.115. The van der Waals surface area contributed by atoms with Gasteiger partial charge in [0.25, 0.3) is 5.91 Å². The van der Waals surface area contributed by atoms with Crippen molar-refractivity contribution in [1.29, 1.82) is 0 Å². The summed E-state index contributed by atoms with van der Waals surface area (Å²) in [6, 6.07) is 0. The second-order valence-electron chi connectivity index (χ2n) is 4.52. The summed E-state index contributed by atoms with van der Waals surface area (Å²) in [4.78, 5) is 13.6. The van der Waals surface area contributed by atoms with Crippen molar-refractivity contribution >= 4 is 16.2 Å². The summed E-state index contributed by atoms with van der Waals surface area (Å²) in [5.41, 5.74) is 1.02. The van der Waals surface area contributed by atoms with Gasteiger partial charge in [0.1, 0.15) is 0 Å². The zero-order valence-corrected chi connectivity index (χ0v) is 12.3. The van der Waals surface area contributed by atoms with Crippen LogP contribution in [0.2, 0.25) is 0 Å². The SMILES string of the molecule is CC(C(=O)NS(=O)(=O)O)=C(CCCO)CCN(C)C. The number of hydrogen-bond acceptors (Lipinski definition) is 5. The zero-order valence-electron chi connectivity index (χ0n) is 11.5. The first-order chi connectivity index (χ1) is 8.67. The maximum atomic E-state index is 11.6. The molecule has 8 heteroatoms. The fourth-order valence-corrected chi connectivity index (χ4v) is 1.89. The summed E-state index contributed by atoms with van der Waals surface area (Å²) in [6.45, 7) is 2.21. The molecule has 0 spiro atoms. The standard InChI is InChI=1S/C11H22N2O5S/c1-9(11(15)12-19(16,17)18)10(5-4-8-14)6-7-13(2)3/h14H,4-8H2,1-3H3,(H,12,15)(H,16,17,18). The third-order valence-corrected chi connectivity index (χ3v) is 3.03. The normalized spacial score (nSPS) is 13.4. The Morgan fingerprint density at radius 2 is 1.84 bits per heavy atom. The van der Waals surface area contributed by atoms with Gasteiger partial charge < -0.3 is 10.0 Å². The number of aliphatic hydroxyl groups is 1. The average molecular weight is 294 g/mol. The lowest BCUT2D eigenvalue weighted by Crippen LogP contribution is -2.31. The number of aliphatic hydroxyl groups excluding tert-OH is 1. The van der Waals surface area contributed by atoms with E-state index in [1.165, 1.54) is 11.6 Å². The van der Waals surface area contributed by atoms with Crippen LogP contribution >= 0.6 is 0 Å². The number of rotatable bonds is 8. The largest absolute Gasteiger partial charge is 0.396 e. The van der Waals surface area contributed by atoms with Crippen molar-refractivity contribution in [2.75, 3.05) is 27.2 Å². The molecule has 0 bridgehead atoms. The second-order valence-corrected chi connectivity index (χ2v) is 5.67.